The maximum atomic E-state index is 5.76. The fourth-order valence-electron chi connectivity index (χ4n) is 1.91. The Hall–Kier alpha value is -1.75. The van der Waals surface area contributed by atoms with Crippen LogP contribution in [0.3, 0.4) is 0 Å². The molecule has 0 spiro atoms. The van der Waals surface area contributed by atoms with Crippen molar-refractivity contribution in [2.45, 2.75) is 20.3 Å². The number of benzene rings is 1. The molecule has 0 aliphatic heterocycles. The Bertz CT molecular complexity index is 581. The van der Waals surface area contributed by atoms with Gasteiger partial charge in [0.05, 0.1) is 24.3 Å². The van der Waals surface area contributed by atoms with Crippen LogP contribution in [-0.2, 0) is 0 Å². The summed E-state index contributed by atoms with van der Waals surface area (Å²) >= 11 is 1.64. The van der Waals surface area contributed by atoms with Crippen molar-refractivity contribution in [3.63, 3.8) is 0 Å². The molecule has 108 valence electrons. The van der Waals surface area contributed by atoms with Crippen molar-refractivity contribution in [3.8, 4) is 21.9 Å². The number of anilines is 1. The van der Waals surface area contributed by atoms with Crippen molar-refractivity contribution < 1.29 is 9.47 Å². The van der Waals surface area contributed by atoms with Gasteiger partial charge in [-0.1, -0.05) is 18.3 Å². The van der Waals surface area contributed by atoms with E-state index < -0.39 is 0 Å². The van der Waals surface area contributed by atoms with Gasteiger partial charge in [-0.25, -0.2) is 4.98 Å². The van der Waals surface area contributed by atoms with E-state index in [1.165, 1.54) is 0 Å². The van der Waals surface area contributed by atoms with E-state index in [2.05, 4.69) is 17.2 Å². The maximum Gasteiger partial charge on any atom is 0.183 e. The number of ether oxygens (including phenoxy) is 2. The van der Waals surface area contributed by atoms with Crippen LogP contribution in [0.1, 0.15) is 19.0 Å². The second-order valence-electron chi connectivity index (χ2n) is 4.40. The number of aryl methyl sites for hydroxylation is 1. The quantitative estimate of drug-likeness (QED) is 0.875. The number of aromatic nitrogens is 1. The number of hydrogen-bond donors (Lipinski definition) is 1. The highest BCUT2D eigenvalue weighted by Gasteiger charge is 2.12. The van der Waals surface area contributed by atoms with Gasteiger partial charge in [0.25, 0.3) is 0 Å². The molecular formula is C15H20N2O2S. The van der Waals surface area contributed by atoms with Crippen molar-refractivity contribution in [3.05, 3.63) is 23.9 Å². The standard InChI is InChI=1S/C15H20N2O2S/c1-5-8-19-13-9-11(6-7-12(13)18-4)14-10(2)17-15(16-3)20-14/h6-7,9H,5,8H2,1-4H3,(H,16,17). The van der Waals surface area contributed by atoms with Crippen molar-refractivity contribution in [1.29, 1.82) is 0 Å². The number of methoxy groups -OCH3 is 1. The van der Waals surface area contributed by atoms with Crippen molar-refractivity contribution in [1.82, 2.24) is 4.98 Å². The fraction of sp³-hybridized carbons (Fsp3) is 0.400. The number of hydrogen-bond acceptors (Lipinski definition) is 5. The van der Waals surface area contributed by atoms with Gasteiger partial charge in [-0.05, 0) is 37.1 Å². The molecule has 0 fully saturated rings. The van der Waals surface area contributed by atoms with Crippen LogP contribution in [0.25, 0.3) is 10.4 Å². The molecule has 0 radical (unpaired) electrons. The molecule has 0 bridgehead atoms. The van der Waals surface area contributed by atoms with Crippen LogP contribution in [-0.4, -0.2) is 25.7 Å². The lowest BCUT2D eigenvalue weighted by Gasteiger charge is -2.11. The van der Waals surface area contributed by atoms with Gasteiger partial charge in [-0.15, -0.1) is 0 Å². The summed E-state index contributed by atoms with van der Waals surface area (Å²) in [6.07, 6.45) is 0.969. The molecule has 1 aromatic heterocycles. The van der Waals surface area contributed by atoms with Crippen molar-refractivity contribution >= 4 is 16.5 Å². The molecule has 1 heterocycles. The minimum atomic E-state index is 0.684. The van der Waals surface area contributed by atoms with E-state index >= 15 is 0 Å². The summed E-state index contributed by atoms with van der Waals surface area (Å²) in [6, 6.07) is 6.00. The van der Waals surface area contributed by atoms with Crippen molar-refractivity contribution in [2.75, 3.05) is 26.1 Å². The van der Waals surface area contributed by atoms with Crippen molar-refractivity contribution in [2.24, 2.45) is 0 Å². The average molecular weight is 292 g/mol. The van der Waals surface area contributed by atoms with Gasteiger partial charge >= 0.3 is 0 Å². The lowest BCUT2D eigenvalue weighted by molar-refractivity contribution is 0.294. The Morgan fingerprint density at radius 1 is 1.30 bits per heavy atom. The van der Waals surface area contributed by atoms with Gasteiger partial charge < -0.3 is 14.8 Å². The Labute approximate surface area is 123 Å². The zero-order chi connectivity index (χ0) is 14.5. The molecule has 0 unspecified atom stereocenters. The molecule has 0 aliphatic rings. The summed E-state index contributed by atoms with van der Waals surface area (Å²) in [5, 5.41) is 4.00. The third-order valence-corrected chi connectivity index (χ3v) is 4.12. The topological polar surface area (TPSA) is 43.4 Å². The van der Waals surface area contributed by atoms with Crippen LogP contribution in [0.5, 0.6) is 11.5 Å². The first kappa shape index (κ1) is 14.7. The summed E-state index contributed by atoms with van der Waals surface area (Å²) in [7, 11) is 3.54. The van der Waals surface area contributed by atoms with Gasteiger partial charge in [0.15, 0.2) is 16.6 Å². The normalized spacial score (nSPS) is 10.4. The molecular weight excluding hydrogens is 272 g/mol. The van der Waals surface area contributed by atoms with E-state index in [1.807, 2.05) is 32.2 Å². The number of thiazole rings is 1. The van der Waals surface area contributed by atoms with E-state index in [-0.39, 0.29) is 0 Å². The van der Waals surface area contributed by atoms with E-state index in [9.17, 15) is 0 Å². The first-order valence-electron chi connectivity index (χ1n) is 6.66. The smallest absolute Gasteiger partial charge is 0.183 e. The number of nitrogens with one attached hydrogen (secondary N) is 1. The summed E-state index contributed by atoms with van der Waals surface area (Å²) in [5.74, 6) is 1.55. The van der Waals surface area contributed by atoms with Gasteiger partial charge in [0.1, 0.15) is 0 Å². The van der Waals surface area contributed by atoms with E-state index in [4.69, 9.17) is 9.47 Å². The van der Waals surface area contributed by atoms with Gasteiger partial charge in [0, 0.05) is 7.05 Å². The largest absolute Gasteiger partial charge is 0.493 e. The highest BCUT2D eigenvalue weighted by molar-refractivity contribution is 7.19. The Kier molecular flexibility index (Phi) is 4.84. The van der Waals surface area contributed by atoms with Crippen LogP contribution in [0.15, 0.2) is 18.2 Å². The van der Waals surface area contributed by atoms with E-state index in [1.54, 1.807) is 18.4 Å². The molecule has 20 heavy (non-hydrogen) atoms. The van der Waals surface area contributed by atoms with Crippen LogP contribution in [0.4, 0.5) is 5.13 Å². The summed E-state index contributed by atoms with van der Waals surface area (Å²) in [5.41, 5.74) is 2.12. The molecule has 0 saturated heterocycles. The Morgan fingerprint density at radius 2 is 2.10 bits per heavy atom. The van der Waals surface area contributed by atoms with E-state index in [0.29, 0.717) is 6.61 Å². The third kappa shape index (κ3) is 3.04. The van der Waals surface area contributed by atoms with Gasteiger partial charge in [0.2, 0.25) is 0 Å². The molecule has 2 aromatic rings. The van der Waals surface area contributed by atoms with E-state index in [0.717, 1.165) is 39.2 Å². The predicted octanol–water partition coefficient (Wildman–Crippen LogP) is 3.96. The van der Waals surface area contributed by atoms with Crippen LogP contribution >= 0.6 is 11.3 Å². The average Bonchev–Trinajstić information content (AvgIpc) is 2.86. The molecule has 0 aliphatic carbocycles. The van der Waals surface area contributed by atoms with Crippen LogP contribution < -0.4 is 14.8 Å². The third-order valence-electron chi connectivity index (χ3n) is 2.90. The second kappa shape index (κ2) is 6.61. The highest BCUT2D eigenvalue weighted by atomic mass is 32.1. The molecule has 1 N–H and O–H groups in total. The zero-order valence-corrected chi connectivity index (χ0v) is 13.1. The monoisotopic (exact) mass is 292 g/mol. The van der Waals surface area contributed by atoms with Gasteiger partial charge in [-0.2, -0.15) is 0 Å². The molecule has 0 amide bonds. The minimum absolute atomic E-state index is 0.684. The first-order valence-corrected chi connectivity index (χ1v) is 7.47. The highest BCUT2D eigenvalue weighted by Crippen LogP contribution is 2.37. The number of rotatable bonds is 6. The fourth-order valence-corrected chi connectivity index (χ4v) is 2.83. The Morgan fingerprint density at radius 3 is 2.70 bits per heavy atom. The Balaban J connectivity index is 2.38. The lowest BCUT2D eigenvalue weighted by Crippen LogP contribution is -1.98. The molecule has 1 aromatic carbocycles. The molecule has 0 saturated carbocycles. The summed E-state index contributed by atoms with van der Waals surface area (Å²) in [4.78, 5) is 5.63. The van der Waals surface area contributed by atoms with Crippen LogP contribution in [0.2, 0.25) is 0 Å². The predicted molar refractivity (Wildman–Crippen MR) is 84.2 cm³/mol. The zero-order valence-electron chi connectivity index (χ0n) is 12.3. The summed E-state index contributed by atoms with van der Waals surface area (Å²) < 4.78 is 11.1. The molecule has 4 nitrogen and oxygen atoms in total. The van der Waals surface area contributed by atoms with Crippen LogP contribution in [0, 0.1) is 6.92 Å². The molecule has 5 heteroatoms. The van der Waals surface area contributed by atoms with Gasteiger partial charge in [-0.3, -0.25) is 0 Å². The number of nitrogens with zero attached hydrogens (tertiary/aromatic N) is 1. The molecule has 2 rings (SSSR count). The molecule has 0 atom stereocenters. The first-order chi connectivity index (χ1) is 9.69. The minimum Gasteiger partial charge on any atom is -0.493 e. The summed E-state index contributed by atoms with van der Waals surface area (Å²) in [6.45, 7) is 4.79. The second-order valence-corrected chi connectivity index (χ2v) is 5.40. The lowest BCUT2D eigenvalue weighted by atomic mass is 10.1. The maximum absolute atomic E-state index is 5.76. The SMILES string of the molecule is CCCOc1cc(-c2sc(NC)nc2C)ccc1OC.